The summed E-state index contributed by atoms with van der Waals surface area (Å²) in [7, 11) is 2.03. The van der Waals surface area contributed by atoms with Gasteiger partial charge in [-0.2, -0.15) is 0 Å². The Morgan fingerprint density at radius 1 is 0.889 bits per heavy atom. The van der Waals surface area contributed by atoms with E-state index in [1.165, 1.54) is 49.7 Å². The van der Waals surface area contributed by atoms with Gasteiger partial charge in [0.1, 0.15) is 0 Å². The standard InChI is InChI=1S/C17H29N/c1-4-16-12-11-15(14-17(16)5-2)10-8-6-7-9-13-18-3/h11-12,14,18H,4-10,13H2,1-3H3. The third-order valence-corrected chi connectivity index (χ3v) is 3.67. The Hall–Kier alpha value is -0.820. The van der Waals surface area contributed by atoms with E-state index < -0.39 is 0 Å². The molecule has 0 atom stereocenters. The lowest BCUT2D eigenvalue weighted by Crippen LogP contribution is -2.06. The van der Waals surface area contributed by atoms with Gasteiger partial charge in [-0.3, -0.25) is 0 Å². The zero-order valence-corrected chi connectivity index (χ0v) is 12.4. The van der Waals surface area contributed by atoms with Crippen molar-refractivity contribution in [2.24, 2.45) is 0 Å². The van der Waals surface area contributed by atoms with Gasteiger partial charge in [-0.25, -0.2) is 0 Å². The smallest absolute Gasteiger partial charge is 0.00519 e. The number of hydrogen-bond acceptors (Lipinski definition) is 1. The summed E-state index contributed by atoms with van der Waals surface area (Å²) in [5.41, 5.74) is 4.60. The van der Waals surface area contributed by atoms with Gasteiger partial charge < -0.3 is 5.32 Å². The predicted molar refractivity (Wildman–Crippen MR) is 81.3 cm³/mol. The molecule has 102 valence electrons. The van der Waals surface area contributed by atoms with Gasteiger partial charge in [-0.15, -0.1) is 0 Å². The van der Waals surface area contributed by atoms with Crippen LogP contribution in [0, 0.1) is 0 Å². The molecule has 0 unspecified atom stereocenters. The summed E-state index contributed by atoms with van der Waals surface area (Å²) in [5, 5.41) is 3.20. The first-order valence-corrected chi connectivity index (χ1v) is 7.57. The van der Waals surface area contributed by atoms with Crippen LogP contribution in [0.5, 0.6) is 0 Å². The van der Waals surface area contributed by atoms with Crippen LogP contribution in [0.2, 0.25) is 0 Å². The van der Waals surface area contributed by atoms with E-state index in [2.05, 4.69) is 37.4 Å². The van der Waals surface area contributed by atoms with Crippen molar-refractivity contribution >= 4 is 0 Å². The Kier molecular flexibility index (Phi) is 7.75. The molecule has 1 aromatic rings. The van der Waals surface area contributed by atoms with Gasteiger partial charge in [0.05, 0.1) is 0 Å². The van der Waals surface area contributed by atoms with E-state index in [1.807, 2.05) is 7.05 Å². The Bertz CT molecular complexity index is 330. The summed E-state index contributed by atoms with van der Waals surface area (Å²) in [6, 6.07) is 7.08. The molecule has 18 heavy (non-hydrogen) atoms. The van der Waals surface area contributed by atoms with Crippen molar-refractivity contribution in [2.45, 2.75) is 58.8 Å². The number of benzene rings is 1. The van der Waals surface area contributed by atoms with E-state index in [0.717, 1.165) is 13.0 Å². The molecular weight excluding hydrogens is 218 g/mol. The van der Waals surface area contributed by atoms with Crippen molar-refractivity contribution in [1.82, 2.24) is 5.32 Å². The predicted octanol–water partition coefficient (Wildman–Crippen LogP) is 4.13. The van der Waals surface area contributed by atoms with E-state index in [-0.39, 0.29) is 0 Å². The quantitative estimate of drug-likeness (QED) is 0.647. The third-order valence-electron chi connectivity index (χ3n) is 3.67. The molecule has 0 spiro atoms. The maximum atomic E-state index is 3.20. The first-order chi connectivity index (χ1) is 8.81. The summed E-state index contributed by atoms with van der Waals surface area (Å²) in [4.78, 5) is 0. The molecule has 0 bridgehead atoms. The number of hydrogen-bond donors (Lipinski definition) is 1. The van der Waals surface area contributed by atoms with E-state index in [0.29, 0.717) is 0 Å². The Morgan fingerprint density at radius 3 is 2.28 bits per heavy atom. The Balaban J connectivity index is 2.34. The summed E-state index contributed by atoms with van der Waals surface area (Å²) in [6.07, 6.45) is 8.93. The summed E-state index contributed by atoms with van der Waals surface area (Å²) in [5.74, 6) is 0. The fraction of sp³-hybridized carbons (Fsp3) is 0.647. The fourth-order valence-corrected chi connectivity index (χ4v) is 2.49. The molecule has 0 aromatic heterocycles. The Morgan fingerprint density at radius 2 is 1.61 bits per heavy atom. The summed E-state index contributed by atoms with van der Waals surface area (Å²) in [6.45, 7) is 5.66. The van der Waals surface area contributed by atoms with Crippen LogP contribution >= 0.6 is 0 Å². The molecule has 1 N–H and O–H groups in total. The highest BCUT2D eigenvalue weighted by Crippen LogP contribution is 2.16. The van der Waals surface area contributed by atoms with Gasteiger partial charge >= 0.3 is 0 Å². The average Bonchev–Trinajstić information content (AvgIpc) is 2.42. The SMILES string of the molecule is CCc1ccc(CCCCCCNC)cc1CC. The van der Waals surface area contributed by atoms with Crippen LogP contribution in [-0.4, -0.2) is 13.6 Å². The molecule has 0 radical (unpaired) electrons. The van der Waals surface area contributed by atoms with E-state index in [4.69, 9.17) is 0 Å². The van der Waals surface area contributed by atoms with Crippen LogP contribution in [0.25, 0.3) is 0 Å². The second-order valence-corrected chi connectivity index (χ2v) is 5.08. The van der Waals surface area contributed by atoms with Crippen LogP contribution < -0.4 is 5.32 Å². The fourth-order valence-electron chi connectivity index (χ4n) is 2.49. The maximum Gasteiger partial charge on any atom is -0.00519 e. The molecule has 1 heteroatoms. The lowest BCUT2D eigenvalue weighted by Gasteiger charge is -2.09. The Labute approximate surface area is 113 Å². The monoisotopic (exact) mass is 247 g/mol. The normalized spacial score (nSPS) is 10.8. The second-order valence-electron chi connectivity index (χ2n) is 5.08. The van der Waals surface area contributed by atoms with Gasteiger partial charge in [0.2, 0.25) is 0 Å². The molecule has 0 aliphatic carbocycles. The molecule has 0 amide bonds. The van der Waals surface area contributed by atoms with Crippen LogP contribution in [0.4, 0.5) is 0 Å². The molecule has 0 aliphatic heterocycles. The minimum Gasteiger partial charge on any atom is -0.320 e. The van der Waals surface area contributed by atoms with Crippen LogP contribution in [0.15, 0.2) is 18.2 Å². The van der Waals surface area contributed by atoms with Crippen molar-refractivity contribution in [3.05, 3.63) is 34.9 Å². The van der Waals surface area contributed by atoms with Crippen molar-refractivity contribution in [2.75, 3.05) is 13.6 Å². The first-order valence-electron chi connectivity index (χ1n) is 7.57. The minimum absolute atomic E-state index is 1.16. The first kappa shape index (κ1) is 15.2. The molecule has 0 aliphatic rings. The molecule has 0 heterocycles. The second kappa shape index (κ2) is 9.16. The molecule has 1 nitrogen and oxygen atoms in total. The number of nitrogens with one attached hydrogen (secondary N) is 1. The van der Waals surface area contributed by atoms with Gasteiger partial charge in [-0.1, -0.05) is 44.9 Å². The summed E-state index contributed by atoms with van der Waals surface area (Å²) >= 11 is 0. The number of rotatable bonds is 9. The van der Waals surface area contributed by atoms with Crippen molar-refractivity contribution in [1.29, 1.82) is 0 Å². The third kappa shape index (κ3) is 5.22. The lowest BCUT2D eigenvalue weighted by molar-refractivity contribution is 0.616. The molecule has 1 aromatic carbocycles. The average molecular weight is 247 g/mol. The van der Waals surface area contributed by atoms with Crippen LogP contribution in [0.3, 0.4) is 0 Å². The highest BCUT2D eigenvalue weighted by atomic mass is 14.8. The molecule has 1 rings (SSSR count). The van der Waals surface area contributed by atoms with Crippen LogP contribution in [-0.2, 0) is 19.3 Å². The number of aryl methyl sites for hydroxylation is 3. The number of unbranched alkanes of at least 4 members (excludes halogenated alkanes) is 3. The topological polar surface area (TPSA) is 12.0 Å². The lowest BCUT2D eigenvalue weighted by atomic mass is 9.97. The van der Waals surface area contributed by atoms with Gasteiger partial charge in [-0.05, 0) is 62.4 Å². The van der Waals surface area contributed by atoms with Gasteiger partial charge in [0, 0.05) is 0 Å². The van der Waals surface area contributed by atoms with Gasteiger partial charge in [0.15, 0.2) is 0 Å². The molecule has 0 fully saturated rings. The molecular formula is C17H29N. The summed E-state index contributed by atoms with van der Waals surface area (Å²) < 4.78 is 0. The molecule has 0 saturated heterocycles. The van der Waals surface area contributed by atoms with E-state index in [9.17, 15) is 0 Å². The van der Waals surface area contributed by atoms with Crippen molar-refractivity contribution < 1.29 is 0 Å². The van der Waals surface area contributed by atoms with E-state index in [1.54, 1.807) is 5.56 Å². The largest absolute Gasteiger partial charge is 0.320 e. The van der Waals surface area contributed by atoms with Crippen LogP contribution in [0.1, 0.15) is 56.2 Å². The van der Waals surface area contributed by atoms with Crippen molar-refractivity contribution in [3.8, 4) is 0 Å². The van der Waals surface area contributed by atoms with Crippen molar-refractivity contribution in [3.63, 3.8) is 0 Å². The maximum absolute atomic E-state index is 3.20. The highest BCUT2D eigenvalue weighted by Gasteiger charge is 2.01. The zero-order valence-electron chi connectivity index (χ0n) is 12.4. The zero-order chi connectivity index (χ0) is 13.2. The minimum atomic E-state index is 1.16. The molecule has 0 saturated carbocycles. The highest BCUT2D eigenvalue weighted by molar-refractivity contribution is 5.32. The van der Waals surface area contributed by atoms with E-state index >= 15 is 0 Å². The van der Waals surface area contributed by atoms with Gasteiger partial charge in [0.25, 0.3) is 0 Å².